The first kappa shape index (κ1) is 15.9. The van der Waals surface area contributed by atoms with Gasteiger partial charge in [-0.25, -0.2) is 0 Å². The summed E-state index contributed by atoms with van der Waals surface area (Å²) in [6.07, 6.45) is 1.90. The maximum atomic E-state index is 9.76. The molecule has 23 heavy (non-hydrogen) atoms. The summed E-state index contributed by atoms with van der Waals surface area (Å²) in [7, 11) is 1.64. The van der Waals surface area contributed by atoms with Gasteiger partial charge >= 0.3 is 0 Å². The van der Waals surface area contributed by atoms with Gasteiger partial charge in [0.05, 0.1) is 30.0 Å². The van der Waals surface area contributed by atoms with E-state index in [4.69, 9.17) is 4.74 Å². The molecule has 2 atom stereocenters. The maximum Gasteiger partial charge on any atom is 0.119 e. The zero-order valence-corrected chi connectivity index (χ0v) is 14.0. The Morgan fingerprint density at radius 1 is 1.26 bits per heavy atom. The van der Waals surface area contributed by atoms with Gasteiger partial charge in [-0.1, -0.05) is 12.1 Å². The van der Waals surface area contributed by atoms with Crippen molar-refractivity contribution in [2.45, 2.75) is 19.0 Å². The van der Waals surface area contributed by atoms with Crippen molar-refractivity contribution in [3.05, 3.63) is 59.1 Å². The van der Waals surface area contributed by atoms with Crippen molar-refractivity contribution in [2.24, 2.45) is 0 Å². The quantitative estimate of drug-likeness (QED) is 0.724. The average Bonchev–Trinajstić information content (AvgIpc) is 3.07. The van der Waals surface area contributed by atoms with Crippen LogP contribution in [0.1, 0.15) is 30.1 Å². The highest BCUT2D eigenvalue weighted by atomic mass is 32.1. The minimum atomic E-state index is -0.154. The summed E-state index contributed by atoms with van der Waals surface area (Å²) in [5.41, 5.74) is 3.14. The summed E-state index contributed by atoms with van der Waals surface area (Å²) in [5.74, 6) is 0.789. The number of pyridine rings is 1. The predicted octanol–water partition coefficient (Wildman–Crippen LogP) is 3.69. The molecule has 0 aliphatic heterocycles. The molecule has 0 fully saturated rings. The van der Waals surface area contributed by atoms with Gasteiger partial charge in [0.25, 0.3) is 0 Å². The normalized spacial score (nSPS) is 13.9. The first-order chi connectivity index (χ1) is 11.2. The van der Waals surface area contributed by atoms with Gasteiger partial charge < -0.3 is 15.2 Å². The van der Waals surface area contributed by atoms with E-state index in [0.717, 1.165) is 22.4 Å². The van der Waals surface area contributed by atoms with E-state index in [1.807, 2.05) is 41.9 Å². The van der Waals surface area contributed by atoms with E-state index in [9.17, 15) is 5.11 Å². The third-order valence-electron chi connectivity index (χ3n) is 3.95. The first-order valence-corrected chi connectivity index (χ1v) is 8.43. The molecule has 2 N–H and O–H groups in total. The number of hydrogen-bond donors (Lipinski definition) is 2. The van der Waals surface area contributed by atoms with Crippen LogP contribution in [0.15, 0.2) is 48.0 Å². The van der Waals surface area contributed by atoms with E-state index in [1.54, 1.807) is 18.4 Å². The van der Waals surface area contributed by atoms with Crippen LogP contribution in [0.25, 0.3) is 10.2 Å². The molecule has 1 aromatic carbocycles. The second kappa shape index (κ2) is 7.08. The molecular weight excluding hydrogens is 308 g/mol. The summed E-state index contributed by atoms with van der Waals surface area (Å²) in [5, 5.41) is 15.3. The van der Waals surface area contributed by atoms with E-state index in [2.05, 4.69) is 23.3 Å². The van der Waals surface area contributed by atoms with E-state index in [-0.39, 0.29) is 18.7 Å². The molecule has 0 bridgehead atoms. The van der Waals surface area contributed by atoms with Crippen LogP contribution in [0.5, 0.6) is 5.75 Å². The Bertz CT molecular complexity index is 787. The van der Waals surface area contributed by atoms with Crippen molar-refractivity contribution in [1.29, 1.82) is 0 Å². The number of hydrogen-bond acceptors (Lipinski definition) is 5. The van der Waals surface area contributed by atoms with Gasteiger partial charge in [0, 0.05) is 12.2 Å². The van der Waals surface area contributed by atoms with Crippen molar-refractivity contribution in [3.8, 4) is 5.75 Å². The molecule has 0 aliphatic rings. The number of rotatable bonds is 6. The molecule has 4 nitrogen and oxygen atoms in total. The molecule has 0 radical (unpaired) electrons. The Morgan fingerprint density at radius 2 is 2.13 bits per heavy atom. The van der Waals surface area contributed by atoms with Gasteiger partial charge in [0.15, 0.2) is 0 Å². The summed E-state index contributed by atoms with van der Waals surface area (Å²) in [6, 6.07) is 11.9. The predicted molar refractivity (Wildman–Crippen MR) is 94.0 cm³/mol. The molecule has 120 valence electrons. The monoisotopic (exact) mass is 328 g/mol. The van der Waals surface area contributed by atoms with Gasteiger partial charge in [-0.15, -0.1) is 11.3 Å². The summed E-state index contributed by atoms with van der Waals surface area (Å²) < 4.78 is 6.44. The minimum absolute atomic E-state index is 0.0200. The van der Waals surface area contributed by atoms with Crippen molar-refractivity contribution in [3.63, 3.8) is 0 Å². The lowest BCUT2D eigenvalue weighted by Gasteiger charge is -2.22. The molecule has 0 saturated carbocycles. The zero-order chi connectivity index (χ0) is 16.2. The van der Waals surface area contributed by atoms with E-state index < -0.39 is 0 Å². The molecule has 0 amide bonds. The number of nitrogens with zero attached hydrogens (tertiary/aromatic N) is 1. The fourth-order valence-corrected chi connectivity index (χ4v) is 3.40. The van der Waals surface area contributed by atoms with Gasteiger partial charge in [-0.05, 0) is 47.7 Å². The van der Waals surface area contributed by atoms with Gasteiger partial charge in [-0.2, -0.15) is 0 Å². The van der Waals surface area contributed by atoms with Crippen molar-refractivity contribution < 1.29 is 9.84 Å². The fourth-order valence-electron chi connectivity index (χ4n) is 2.61. The number of methoxy groups -OCH3 is 1. The van der Waals surface area contributed by atoms with Crippen LogP contribution in [0, 0.1) is 0 Å². The van der Waals surface area contributed by atoms with Crippen LogP contribution < -0.4 is 10.1 Å². The van der Waals surface area contributed by atoms with Gasteiger partial charge in [0.2, 0.25) is 0 Å². The smallest absolute Gasteiger partial charge is 0.119 e. The summed E-state index contributed by atoms with van der Waals surface area (Å²) >= 11 is 1.69. The number of aliphatic hydroxyl groups excluding tert-OH is 1. The molecule has 2 unspecified atom stereocenters. The van der Waals surface area contributed by atoms with E-state index >= 15 is 0 Å². The second-order valence-electron chi connectivity index (χ2n) is 5.47. The lowest BCUT2D eigenvalue weighted by atomic mass is 10.0. The first-order valence-electron chi connectivity index (χ1n) is 7.55. The van der Waals surface area contributed by atoms with Crippen LogP contribution in [-0.2, 0) is 0 Å². The van der Waals surface area contributed by atoms with Crippen LogP contribution >= 0.6 is 11.3 Å². The molecule has 0 aliphatic carbocycles. The Hall–Kier alpha value is -1.95. The number of benzene rings is 1. The highest BCUT2D eigenvalue weighted by Gasteiger charge is 2.16. The highest BCUT2D eigenvalue weighted by Crippen LogP contribution is 2.25. The van der Waals surface area contributed by atoms with Crippen molar-refractivity contribution >= 4 is 21.6 Å². The van der Waals surface area contributed by atoms with Gasteiger partial charge in [0.1, 0.15) is 5.75 Å². The van der Waals surface area contributed by atoms with Crippen LogP contribution in [0.3, 0.4) is 0 Å². The number of nitrogens with one attached hydrogen (secondary N) is 1. The van der Waals surface area contributed by atoms with Crippen LogP contribution in [-0.4, -0.2) is 23.8 Å². The number of aromatic nitrogens is 1. The number of thiophene rings is 1. The highest BCUT2D eigenvalue weighted by molar-refractivity contribution is 7.17. The molecular formula is C18H20N2O2S. The molecule has 0 spiro atoms. The topological polar surface area (TPSA) is 54.4 Å². The summed E-state index contributed by atoms with van der Waals surface area (Å²) in [6.45, 7) is 2.10. The molecule has 2 aromatic heterocycles. The standard InChI is InChI=1S/C18H20N2O2S/c1-12(14-9-18-16(19-10-14)6-7-23-18)20-17(11-21)13-4-3-5-15(8-13)22-2/h3-10,12,17,20-21H,11H2,1-2H3. The molecule has 3 aromatic rings. The lowest BCUT2D eigenvalue weighted by Crippen LogP contribution is -2.27. The zero-order valence-electron chi connectivity index (χ0n) is 13.2. The van der Waals surface area contributed by atoms with Gasteiger partial charge in [-0.3, -0.25) is 4.98 Å². The second-order valence-corrected chi connectivity index (χ2v) is 6.42. The van der Waals surface area contributed by atoms with Crippen LogP contribution in [0.4, 0.5) is 0 Å². The SMILES string of the molecule is COc1cccc(C(CO)NC(C)c2cnc3ccsc3c2)c1. The minimum Gasteiger partial charge on any atom is -0.497 e. The fraction of sp³-hybridized carbons (Fsp3) is 0.278. The molecule has 3 rings (SSSR count). The summed E-state index contributed by atoms with van der Waals surface area (Å²) in [4.78, 5) is 4.48. The number of ether oxygens (including phenoxy) is 1. The molecule has 0 saturated heterocycles. The van der Waals surface area contributed by atoms with Crippen molar-refractivity contribution in [2.75, 3.05) is 13.7 Å². The average molecular weight is 328 g/mol. The third-order valence-corrected chi connectivity index (χ3v) is 4.81. The Balaban J connectivity index is 1.79. The van der Waals surface area contributed by atoms with Crippen LogP contribution in [0.2, 0.25) is 0 Å². The van der Waals surface area contributed by atoms with E-state index in [1.165, 1.54) is 4.70 Å². The van der Waals surface area contributed by atoms with E-state index in [0.29, 0.717) is 0 Å². The third kappa shape index (κ3) is 3.52. The maximum absolute atomic E-state index is 9.76. The lowest BCUT2D eigenvalue weighted by molar-refractivity contribution is 0.235. The Kier molecular flexibility index (Phi) is 4.91. The Labute approximate surface area is 139 Å². The number of fused-ring (bicyclic) bond motifs is 1. The number of aliphatic hydroxyl groups is 1. The molecule has 2 heterocycles. The van der Waals surface area contributed by atoms with Crippen molar-refractivity contribution in [1.82, 2.24) is 10.3 Å². The molecule has 5 heteroatoms. The Morgan fingerprint density at radius 3 is 2.91 bits per heavy atom. The largest absolute Gasteiger partial charge is 0.497 e.